The quantitative estimate of drug-likeness (QED) is 0.157. The summed E-state index contributed by atoms with van der Waals surface area (Å²) >= 11 is 2.91. The first-order chi connectivity index (χ1) is 25.2. The zero-order chi connectivity index (χ0) is 38.1. The Hall–Kier alpha value is -4.68. The Kier molecular flexibility index (Phi) is 11.3. The molecular weight excluding hydrogens is 723 g/mol. The summed E-state index contributed by atoms with van der Waals surface area (Å²) in [6.07, 6.45) is 9.93. The molecule has 6 heterocycles. The van der Waals surface area contributed by atoms with Gasteiger partial charge in [0.15, 0.2) is 21.5 Å². The van der Waals surface area contributed by atoms with E-state index in [9.17, 15) is 28.8 Å². The minimum atomic E-state index is -0.853. The summed E-state index contributed by atoms with van der Waals surface area (Å²) in [5.41, 5.74) is 0.618. The number of rotatable bonds is 13. The molecule has 0 aliphatic carbocycles. The zero-order valence-corrected chi connectivity index (χ0v) is 32.0. The summed E-state index contributed by atoms with van der Waals surface area (Å²) in [6, 6.07) is -2.79. The van der Waals surface area contributed by atoms with Crippen LogP contribution in [0.15, 0.2) is 24.8 Å². The molecule has 0 spiro atoms. The van der Waals surface area contributed by atoms with Gasteiger partial charge in [0.25, 0.3) is 0 Å². The van der Waals surface area contributed by atoms with Crippen molar-refractivity contribution >= 4 is 73.7 Å². The Bertz CT molecular complexity index is 1980. The first kappa shape index (κ1) is 38.1. The number of nitrogens with one attached hydrogen (secondary N) is 3. The summed E-state index contributed by atoms with van der Waals surface area (Å²) < 4.78 is 3.71. The molecule has 6 rings (SSSR count). The highest BCUT2D eigenvalue weighted by Crippen LogP contribution is 2.35. The van der Waals surface area contributed by atoms with Crippen LogP contribution in [0.3, 0.4) is 0 Å². The summed E-state index contributed by atoms with van der Waals surface area (Å²) in [4.78, 5) is 92.6. The van der Waals surface area contributed by atoms with Crippen molar-refractivity contribution in [2.75, 3.05) is 25.0 Å². The molecule has 4 aromatic heterocycles. The van der Waals surface area contributed by atoms with Gasteiger partial charge in [-0.05, 0) is 37.5 Å². The predicted molar refractivity (Wildman–Crippen MR) is 198 cm³/mol. The number of carbonyl (C=O) groups is 6. The smallest absolute Gasteiger partial charge is 0.248 e. The van der Waals surface area contributed by atoms with Gasteiger partial charge in [0.2, 0.25) is 29.5 Å². The van der Waals surface area contributed by atoms with Gasteiger partial charge in [-0.1, -0.05) is 50.4 Å². The lowest BCUT2D eigenvalue weighted by molar-refractivity contribution is -0.141. The Morgan fingerprint density at radius 3 is 1.89 bits per heavy atom. The molecule has 4 atom stereocenters. The van der Waals surface area contributed by atoms with Gasteiger partial charge in [-0.3, -0.25) is 37.6 Å². The summed E-state index contributed by atoms with van der Waals surface area (Å²) in [7, 11) is 0. The van der Waals surface area contributed by atoms with E-state index in [0.717, 1.165) is 21.1 Å². The van der Waals surface area contributed by atoms with Gasteiger partial charge in [0.05, 0.1) is 34.1 Å². The third-order valence-electron chi connectivity index (χ3n) is 9.64. The Labute approximate surface area is 313 Å². The van der Waals surface area contributed by atoms with E-state index in [-0.39, 0.29) is 47.7 Å². The summed E-state index contributed by atoms with van der Waals surface area (Å²) in [5.74, 6) is -1.94. The highest BCUT2D eigenvalue weighted by atomic mass is 32.1. The number of hydrogen-bond acceptors (Lipinski definition) is 11. The highest BCUT2D eigenvalue weighted by Gasteiger charge is 2.40. The van der Waals surface area contributed by atoms with Crippen LogP contribution >= 0.6 is 22.7 Å². The molecule has 4 aromatic rings. The molecule has 53 heavy (non-hydrogen) atoms. The van der Waals surface area contributed by atoms with Crippen molar-refractivity contribution in [3.8, 4) is 9.75 Å². The second-order valence-electron chi connectivity index (χ2n) is 14.3. The molecule has 2 aliphatic heterocycles. The molecule has 0 radical (unpaired) electrons. The molecule has 18 heteroatoms. The van der Waals surface area contributed by atoms with Gasteiger partial charge >= 0.3 is 0 Å². The van der Waals surface area contributed by atoms with Crippen LogP contribution in [0.5, 0.6) is 0 Å². The van der Waals surface area contributed by atoms with E-state index in [1.54, 1.807) is 24.9 Å². The molecule has 2 aliphatic rings. The largest absolute Gasteiger partial charge is 0.387 e. The number of aliphatic hydroxyl groups is 1. The Balaban J connectivity index is 1.08. The van der Waals surface area contributed by atoms with E-state index < -0.39 is 36.7 Å². The number of aliphatic hydroxyl groups excluding tert-OH is 1. The van der Waals surface area contributed by atoms with Gasteiger partial charge in [0, 0.05) is 38.6 Å². The second kappa shape index (κ2) is 15.7. The topological polar surface area (TPSA) is 200 Å². The number of thiazole rings is 2. The molecule has 16 nitrogen and oxygen atoms in total. The molecule has 2 saturated heterocycles. The number of fused-ring (bicyclic) bond motifs is 2. The third-order valence-corrected chi connectivity index (χ3v) is 11.8. The van der Waals surface area contributed by atoms with Crippen LogP contribution in [0.4, 0.5) is 5.82 Å². The zero-order valence-electron chi connectivity index (χ0n) is 30.3. The fraction of sp³-hybridized carbons (Fsp3) is 0.543. The maximum Gasteiger partial charge on any atom is 0.248 e. The lowest BCUT2D eigenvalue weighted by atomic mass is 10.0. The number of likely N-dealkylation sites (tertiary alicyclic amines) is 2. The van der Waals surface area contributed by atoms with Gasteiger partial charge in [0.1, 0.15) is 24.7 Å². The van der Waals surface area contributed by atoms with Crippen LogP contribution < -0.4 is 16.0 Å². The molecule has 5 amide bonds. The van der Waals surface area contributed by atoms with Gasteiger partial charge in [-0.25, -0.2) is 9.97 Å². The van der Waals surface area contributed by atoms with Crippen LogP contribution in [0.25, 0.3) is 19.7 Å². The van der Waals surface area contributed by atoms with Crippen molar-refractivity contribution in [1.29, 1.82) is 0 Å². The van der Waals surface area contributed by atoms with Crippen molar-refractivity contribution in [3.05, 3.63) is 30.5 Å². The average Bonchev–Trinajstić information content (AvgIpc) is 3.94. The van der Waals surface area contributed by atoms with Crippen molar-refractivity contribution in [2.45, 2.75) is 90.9 Å². The number of ketones is 1. The maximum atomic E-state index is 13.4. The Morgan fingerprint density at radius 1 is 0.792 bits per heavy atom. The van der Waals surface area contributed by atoms with Crippen molar-refractivity contribution in [3.63, 3.8) is 0 Å². The standard InChI is InChI=1S/C35H45N9O7S2/c1-18(2)29(36-20(5)46)32(50)43-10-6-8-22(43)24(47)12-21-13-41-14-25(52-34(41)37-21)26-15-42-16-27(39-35(42)53-26)38-31(49)23-9-7-11-44(23)33(51)30(19(3)4)40-28(48)17-45/h13-16,18-19,22-23,29-30,45H,6-12,17H2,1-5H3,(H,36,46)(H,38,49)(H,40,48)/t22-,23-,29-,30-/m0/s1. The normalized spacial score (nSPS) is 18.6. The van der Waals surface area contributed by atoms with Crippen LogP contribution in [-0.4, -0.2) is 113 Å². The third kappa shape index (κ3) is 8.13. The average molecular weight is 768 g/mol. The van der Waals surface area contributed by atoms with E-state index in [0.29, 0.717) is 48.8 Å². The molecule has 2 fully saturated rings. The van der Waals surface area contributed by atoms with Crippen LogP contribution in [0, 0.1) is 11.8 Å². The second-order valence-corrected chi connectivity index (χ2v) is 16.3. The fourth-order valence-corrected chi connectivity index (χ4v) is 9.02. The van der Waals surface area contributed by atoms with Crippen LogP contribution in [0.2, 0.25) is 0 Å². The summed E-state index contributed by atoms with van der Waals surface area (Å²) in [5, 5.41) is 17.3. The van der Waals surface area contributed by atoms with Gasteiger partial charge in [-0.15, -0.1) is 0 Å². The number of aromatic nitrogens is 4. The molecule has 0 saturated carbocycles. The summed E-state index contributed by atoms with van der Waals surface area (Å²) in [6.45, 7) is 8.85. The van der Waals surface area contributed by atoms with Crippen molar-refractivity contribution in [1.82, 2.24) is 39.2 Å². The number of anilines is 1. The predicted octanol–water partition coefficient (Wildman–Crippen LogP) is 2.10. The van der Waals surface area contributed by atoms with Crippen molar-refractivity contribution in [2.24, 2.45) is 11.8 Å². The highest BCUT2D eigenvalue weighted by molar-refractivity contribution is 7.26. The maximum absolute atomic E-state index is 13.4. The number of hydrogen-bond donors (Lipinski definition) is 4. The van der Waals surface area contributed by atoms with Crippen LogP contribution in [-0.2, 0) is 35.2 Å². The molecule has 4 N–H and O–H groups in total. The van der Waals surface area contributed by atoms with E-state index in [4.69, 9.17) is 10.1 Å². The molecule has 0 bridgehead atoms. The van der Waals surface area contributed by atoms with Gasteiger partial charge < -0.3 is 30.9 Å². The minimum Gasteiger partial charge on any atom is -0.387 e. The van der Waals surface area contributed by atoms with E-state index in [2.05, 4.69) is 20.9 Å². The first-order valence-corrected chi connectivity index (χ1v) is 19.5. The number of Topliss-reactive ketones (excluding diaryl/α,β-unsaturated/α-hetero) is 1. The Morgan fingerprint density at radius 2 is 1.34 bits per heavy atom. The first-order valence-electron chi connectivity index (χ1n) is 17.8. The lowest BCUT2D eigenvalue weighted by Gasteiger charge is -2.30. The molecule has 284 valence electrons. The SMILES string of the molecule is CC(=O)N[C@H](C(=O)N1CCC[C@H]1C(=O)Cc1cn2cc(-c3cn4cc(NC(=O)[C@@H]5CCCN5C(=O)[C@@H](NC(=O)CO)C(C)C)nc4s3)sc2n1)C(C)C. The number of imidazole rings is 2. The van der Waals surface area contributed by atoms with E-state index in [1.807, 2.05) is 41.2 Å². The molecule has 0 aromatic carbocycles. The number of nitrogens with zero attached hydrogens (tertiary/aromatic N) is 6. The van der Waals surface area contributed by atoms with E-state index in [1.165, 1.54) is 34.5 Å². The van der Waals surface area contributed by atoms with Crippen molar-refractivity contribution < 1.29 is 33.9 Å². The van der Waals surface area contributed by atoms with E-state index >= 15 is 0 Å². The molecular formula is C35H45N9O7S2. The minimum absolute atomic E-state index is 0.0759. The molecule has 0 unspecified atom stereocenters. The van der Waals surface area contributed by atoms with Crippen LogP contribution in [0.1, 0.15) is 66.0 Å². The lowest BCUT2D eigenvalue weighted by Crippen LogP contribution is -2.54. The number of carbonyl (C=O) groups excluding carboxylic acids is 6. The number of amides is 5. The monoisotopic (exact) mass is 767 g/mol. The van der Waals surface area contributed by atoms with Gasteiger partial charge in [-0.2, -0.15) is 0 Å². The fourth-order valence-electron chi connectivity index (χ4n) is 7.01.